The fourth-order valence-corrected chi connectivity index (χ4v) is 2.26. The van der Waals surface area contributed by atoms with Crippen LogP contribution in [0, 0.1) is 13.8 Å². The third-order valence-corrected chi connectivity index (χ3v) is 3.26. The molecule has 1 aromatic heterocycles. The zero-order valence-electron chi connectivity index (χ0n) is 11.3. The summed E-state index contributed by atoms with van der Waals surface area (Å²) in [5.74, 6) is 1.04. The van der Waals surface area contributed by atoms with Gasteiger partial charge in [-0.1, -0.05) is 23.8 Å². The summed E-state index contributed by atoms with van der Waals surface area (Å²) in [6.45, 7) is 7.45. The molecule has 1 unspecified atom stereocenters. The Bertz CT molecular complexity index is 488. The molecule has 1 atom stereocenters. The zero-order chi connectivity index (χ0) is 13.0. The highest BCUT2D eigenvalue weighted by Crippen LogP contribution is 2.18. The number of aromatic amines is 1. The fourth-order valence-electron chi connectivity index (χ4n) is 2.26. The van der Waals surface area contributed by atoms with Crippen molar-refractivity contribution in [3.8, 4) is 0 Å². The molecule has 1 aromatic carbocycles. The van der Waals surface area contributed by atoms with E-state index in [2.05, 4.69) is 54.3 Å². The second kappa shape index (κ2) is 5.83. The van der Waals surface area contributed by atoms with Gasteiger partial charge in [0, 0.05) is 31.4 Å². The van der Waals surface area contributed by atoms with Crippen molar-refractivity contribution in [2.75, 3.05) is 6.54 Å². The number of rotatable bonds is 5. The van der Waals surface area contributed by atoms with Crippen LogP contribution in [0.15, 0.2) is 30.6 Å². The van der Waals surface area contributed by atoms with Gasteiger partial charge < -0.3 is 10.3 Å². The van der Waals surface area contributed by atoms with Crippen LogP contribution in [0.4, 0.5) is 0 Å². The zero-order valence-corrected chi connectivity index (χ0v) is 11.3. The van der Waals surface area contributed by atoms with Crippen molar-refractivity contribution in [2.45, 2.75) is 33.2 Å². The first kappa shape index (κ1) is 12.8. The first-order valence-corrected chi connectivity index (χ1v) is 6.45. The molecule has 3 heteroatoms. The summed E-state index contributed by atoms with van der Waals surface area (Å²) in [7, 11) is 0. The molecule has 1 heterocycles. The normalized spacial score (nSPS) is 12.6. The molecule has 0 aliphatic rings. The molecular weight excluding hydrogens is 222 g/mol. The molecule has 96 valence electrons. The summed E-state index contributed by atoms with van der Waals surface area (Å²) in [4.78, 5) is 7.34. The van der Waals surface area contributed by atoms with Gasteiger partial charge in [0.05, 0.1) is 0 Å². The predicted molar refractivity (Wildman–Crippen MR) is 74.6 cm³/mol. The summed E-state index contributed by atoms with van der Waals surface area (Å²) in [6, 6.07) is 7.00. The number of imidazole rings is 1. The van der Waals surface area contributed by atoms with E-state index in [0.29, 0.717) is 6.04 Å². The van der Waals surface area contributed by atoms with Crippen LogP contribution in [-0.4, -0.2) is 16.5 Å². The number of aromatic nitrogens is 2. The van der Waals surface area contributed by atoms with Crippen molar-refractivity contribution in [1.29, 1.82) is 0 Å². The number of nitrogens with zero attached hydrogens (tertiary/aromatic N) is 1. The molecule has 2 rings (SSSR count). The van der Waals surface area contributed by atoms with Crippen LogP contribution in [0.25, 0.3) is 0 Å². The van der Waals surface area contributed by atoms with E-state index in [4.69, 9.17) is 0 Å². The third-order valence-electron chi connectivity index (χ3n) is 3.26. The van der Waals surface area contributed by atoms with Gasteiger partial charge in [0.2, 0.25) is 0 Å². The molecule has 2 aromatic rings. The Labute approximate surface area is 109 Å². The maximum atomic E-state index is 4.22. The molecule has 0 saturated carbocycles. The number of hydrogen-bond acceptors (Lipinski definition) is 2. The molecule has 18 heavy (non-hydrogen) atoms. The summed E-state index contributed by atoms with van der Waals surface area (Å²) < 4.78 is 0. The summed E-state index contributed by atoms with van der Waals surface area (Å²) in [6.07, 6.45) is 4.59. The second-order valence-electron chi connectivity index (χ2n) is 4.82. The van der Waals surface area contributed by atoms with Gasteiger partial charge in [-0.25, -0.2) is 4.98 Å². The minimum absolute atomic E-state index is 0.376. The van der Waals surface area contributed by atoms with Gasteiger partial charge in [-0.05, 0) is 31.9 Å². The number of H-pyrrole nitrogens is 1. The van der Waals surface area contributed by atoms with Gasteiger partial charge in [-0.15, -0.1) is 0 Å². The maximum Gasteiger partial charge on any atom is 0.107 e. The molecular formula is C15H21N3. The number of hydrogen-bond donors (Lipinski definition) is 2. The van der Waals surface area contributed by atoms with E-state index in [1.165, 1.54) is 16.7 Å². The largest absolute Gasteiger partial charge is 0.349 e. The van der Waals surface area contributed by atoms with Gasteiger partial charge in [0.1, 0.15) is 5.82 Å². The van der Waals surface area contributed by atoms with Crippen molar-refractivity contribution in [3.63, 3.8) is 0 Å². The Kier molecular flexibility index (Phi) is 4.15. The standard InChI is InChI=1S/C15H21N3/c1-11-4-5-14(12(2)10-11)13(3)16-7-6-15-17-8-9-18-15/h4-5,8-10,13,16H,6-7H2,1-3H3,(H,17,18). The van der Waals surface area contributed by atoms with E-state index in [1.807, 2.05) is 6.20 Å². The topological polar surface area (TPSA) is 40.7 Å². The molecule has 0 saturated heterocycles. The molecule has 3 nitrogen and oxygen atoms in total. The van der Waals surface area contributed by atoms with Crippen LogP contribution in [0.5, 0.6) is 0 Å². The van der Waals surface area contributed by atoms with E-state index in [1.54, 1.807) is 6.20 Å². The minimum atomic E-state index is 0.376. The lowest BCUT2D eigenvalue weighted by atomic mass is 10.0. The molecule has 0 radical (unpaired) electrons. The third kappa shape index (κ3) is 3.20. The average molecular weight is 243 g/mol. The highest BCUT2D eigenvalue weighted by molar-refractivity contribution is 5.32. The predicted octanol–water partition coefficient (Wildman–Crippen LogP) is 2.92. The Balaban J connectivity index is 1.89. The first-order valence-electron chi connectivity index (χ1n) is 6.45. The number of nitrogens with one attached hydrogen (secondary N) is 2. The second-order valence-corrected chi connectivity index (χ2v) is 4.82. The molecule has 0 spiro atoms. The fraction of sp³-hybridized carbons (Fsp3) is 0.400. The van der Waals surface area contributed by atoms with Crippen LogP contribution in [-0.2, 0) is 6.42 Å². The van der Waals surface area contributed by atoms with Crippen LogP contribution in [0.2, 0.25) is 0 Å². The van der Waals surface area contributed by atoms with Crippen molar-refractivity contribution < 1.29 is 0 Å². The monoisotopic (exact) mass is 243 g/mol. The maximum absolute atomic E-state index is 4.22. The van der Waals surface area contributed by atoms with Gasteiger partial charge >= 0.3 is 0 Å². The number of aryl methyl sites for hydroxylation is 2. The summed E-state index contributed by atoms with van der Waals surface area (Å²) in [5, 5.41) is 3.54. The smallest absolute Gasteiger partial charge is 0.107 e. The van der Waals surface area contributed by atoms with Crippen molar-refractivity contribution in [3.05, 3.63) is 53.1 Å². The molecule has 0 bridgehead atoms. The average Bonchev–Trinajstić information content (AvgIpc) is 2.81. The molecule has 0 aliphatic heterocycles. The highest BCUT2D eigenvalue weighted by atomic mass is 14.9. The molecule has 2 N–H and O–H groups in total. The van der Waals surface area contributed by atoms with Gasteiger partial charge in [-0.3, -0.25) is 0 Å². The summed E-state index contributed by atoms with van der Waals surface area (Å²) >= 11 is 0. The molecule has 0 amide bonds. The Morgan fingerprint density at radius 2 is 2.17 bits per heavy atom. The van der Waals surface area contributed by atoms with Crippen molar-refractivity contribution in [2.24, 2.45) is 0 Å². The van der Waals surface area contributed by atoms with E-state index in [-0.39, 0.29) is 0 Å². The lowest BCUT2D eigenvalue weighted by Gasteiger charge is -2.16. The lowest BCUT2D eigenvalue weighted by molar-refractivity contribution is 0.569. The van der Waals surface area contributed by atoms with Gasteiger partial charge in [0.15, 0.2) is 0 Å². The van der Waals surface area contributed by atoms with E-state index in [9.17, 15) is 0 Å². The minimum Gasteiger partial charge on any atom is -0.349 e. The Morgan fingerprint density at radius 1 is 1.33 bits per heavy atom. The van der Waals surface area contributed by atoms with Crippen LogP contribution >= 0.6 is 0 Å². The first-order chi connectivity index (χ1) is 8.66. The lowest BCUT2D eigenvalue weighted by Crippen LogP contribution is -2.22. The van der Waals surface area contributed by atoms with Crippen LogP contribution < -0.4 is 5.32 Å². The number of benzene rings is 1. The quantitative estimate of drug-likeness (QED) is 0.847. The molecule has 0 fully saturated rings. The van der Waals surface area contributed by atoms with Crippen molar-refractivity contribution in [1.82, 2.24) is 15.3 Å². The Morgan fingerprint density at radius 3 is 2.83 bits per heavy atom. The van der Waals surface area contributed by atoms with E-state index in [0.717, 1.165) is 18.8 Å². The van der Waals surface area contributed by atoms with Crippen LogP contribution in [0.1, 0.15) is 35.5 Å². The van der Waals surface area contributed by atoms with E-state index < -0.39 is 0 Å². The summed E-state index contributed by atoms with van der Waals surface area (Å²) in [5.41, 5.74) is 4.05. The highest BCUT2D eigenvalue weighted by Gasteiger charge is 2.07. The van der Waals surface area contributed by atoms with E-state index >= 15 is 0 Å². The van der Waals surface area contributed by atoms with Gasteiger partial charge in [-0.2, -0.15) is 0 Å². The van der Waals surface area contributed by atoms with Crippen LogP contribution in [0.3, 0.4) is 0 Å². The SMILES string of the molecule is Cc1ccc(C(C)NCCc2ncc[nH]2)c(C)c1. The Hall–Kier alpha value is -1.61. The van der Waals surface area contributed by atoms with Gasteiger partial charge in [0.25, 0.3) is 0 Å². The molecule has 0 aliphatic carbocycles. The van der Waals surface area contributed by atoms with Crippen molar-refractivity contribution >= 4 is 0 Å².